The van der Waals surface area contributed by atoms with Crippen molar-refractivity contribution >= 4 is 0 Å². The summed E-state index contributed by atoms with van der Waals surface area (Å²) in [5.74, 6) is 1.42. The Morgan fingerprint density at radius 3 is 3.18 bits per heavy atom. The Balaban J connectivity index is 1.98. The van der Waals surface area contributed by atoms with Crippen LogP contribution in [0.4, 0.5) is 0 Å². The van der Waals surface area contributed by atoms with Crippen LogP contribution in [0, 0.1) is 5.92 Å². The summed E-state index contributed by atoms with van der Waals surface area (Å²) in [6.07, 6.45) is 5.24. The molecule has 2 heteroatoms. The zero-order valence-electron chi connectivity index (χ0n) is 10.4. The van der Waals surface area contributed by atoms with Gasteiger partial charge >= 0.3 is 0 Å². The fourth-order valence-electron chi connectivity index (χ4n) is 3.44. The van der Waals surface area contributed by atoms with Crippen LogP contribution in [0.1, 0.15) is 43.7 Å². The minimum Gasteiger partial charge on any atom is -0.493 e. The van der Waals surface area contributed by atoms with Crippen molar-refractivity contribution in [3.05, 3.63) is 29.3 Å². The van der Waals surface area contributed by atoms with E-state index in [9.17, 15) is 5.11 Å². The lowest BCUT2D eigenvalue weighted by molar-refractivity contribution is -0.00392. The number of hydrogen-bond donors (Lipinski definition) is 1. The number of fused-ring (bicyclic) bond motifs is 1. The number of aliphatic hydroxyl groups is 1. The molecule has 0 aromatic heterocycles. The van der Waals surface area contributed by atoms with E-state index in [4.69, 9.17) is 4.74 Å². The van der Waals surface area contributed by atoms with Crippen molar-refractivity contribution in [2.75, 3.05) is 6.61 Å². The lowest BCUT2D eigenvalue weighted by atomic mass is 9.82. The van der Waals surface area contributed by atoms with Crippen LogP contribution in [0.25, 0.3) is 0 Å². The number of rotatable bonds is 2. The lowest BCUT2D eigenvalue weighted by Gasteiger charge is -2.30. The second kappa shape index (κ2) is 4.02. The maximum atomic E-state index is 10.9. The Morgan fingerprint density at radius 2 is 2.35 bits per heavy atom. The molecule has 0 bridgehead atoms. The van der Waals surface area contributed by atoms with E-state index in [1.165, 1.54) is 5.56 Å². The van der Waals surface area contributed by atoms with Gasteiger partial charge in [0.05, 0.1) is 12.2 Å². The van der Waals surface area contributed by atoms with Gasteiger partial charge in [0, 0.05) is 6.42 Å². The van der Waals surface area contributed by atoms with Crippen molar-refractivity contribution in [2.45, 2.75) is 44.6 Å². The van der Waals surface area contributed by atoms with Crippen LogP contribution in [0.2, 0.25) is 0 Å². The normalized spacial score (nSPS) is 31.3. The molecule has 0 radical (unpaired) electrons. The van der Waals surface area contributed by atoms with Gasteiger partial charge in [0.2, 0.25) is 0 Å². The highest BCUT2D eigenvalue weighted by Crippen LogP contribution is 2.46. The van der Waals surface area contributed by atoms with Gasteiger partial charge < -0.3 is 9.84 Å². The molecule has 1 N–H and O–H groups in total. The summed E-state index contributed by atoms with van der Waals surface area (Å²) in [5, 5.41) is 10.9. The maximum absolute atomic E-state index is 10.9. The van der Waals surface area contributed by atoms with Gasteiger partial charge in [0.15, 0.2) is 0 Å². The van der Waals surface area contributed by atoms with E-state index in [-0.39, 0.29) is 0 Å². The molecule has 1 aliphatic carbocycles. The van der Waals surface area contributed by atoms with Crippen LogP contribution in [0.3, 0.4) is 0 Å². The summed E-state index contributed by atoms with van der Waals surface area (Å²) < 4.78 is 5.52. The smallest absolute Gasteiger partial charge is 0.122 e. The summed E-state index contributed by atoms with van der Waals surface area (Å²) in [4.78, 5) is 0. The molecule has 2 atom stereocenters. The third kappa shape index (κ3) is 1.66. The first kappa shape index (κ1) is 11.1. The van der Waals surface area contributed by atoms with Crippen LogP contribution in [-0.2, 0) is 12.0 Å². The third-order valence-corrected chi connectivity index (χ3v) is 4.47. The fourth-order valence-corrected chi connectivity index (χ4v) is 3.44. The van der Waals surface area contributed by atoms with Crippen molar-refractivity contribution in [1.82, 2.24) is 0 Å². The Labute approximate surface area is 103 Å². The number of hydrogen-bond acceptors (Lipinski definition) is 2. The maximum Gasteiger partial charge on any atom is 0.122 e. The van der Waals surface area contributed by atoms with Crippen molar-refractivity contribution in [3.8, 4) is 5.75 Å². The lowest BCUT2D eigenvalue weighted by Crippen LogP contribution is -2.29. The van der Waals surface area contributed by atoms with Crippen molar-refractivity contribution in [1.29, 1.82) is 0 Å². The predicted octanol–water partition coefficient (Wildman–Crippen LogP) is 3.02. The molecular weight excluding hydrogens is 212 g/mol. The summed E-state index contributed by atoms with van der Waals surface area (Å²) in [6, 6.07) is 6.25. The zero-order chi connectivity index (χ0) is 11.9. The topological polar surface area (TPSA) is 29.5 Å². The molecule has 0 spiro atoms. The molecule has 0 amide bonds. The van der Waals surface area contributed by atoms with Gasteiger partial charge in [-0.05, 0) is 48.4 Å². The van der Waals surface area contributed by atoms with E-state index in [0.717, 1.165) is 50.0 Å². The van der Waals surface area contributed by atoms with Gasteiger partial charge in [0.25, 0.3) is 0 Å². The molecule has 1 saturated carbocycles. The van der Waals surface area contributed by atoms with E-state index in [1.54, 1.807) is 0 Å². The quantitative estimate of drug-likeness (QED) is 0.849. The molecule has 1 fully saturated rings. The van der Waals surface area contributed by atoms with Gasteiger partial charge in [-0.2, -0.15) is 0 Å². The third-order valence-electron chi connectivity index (χ3n) is 4.47. The summed E-state index contributed by atoms with van der Waals surface area (Å²) in [5.41, 5.74) is 1.77. The zero-order valence-corrected chi connectivity index (χ0v) is 10.4. The van der Waals surface area contributed by atoms with Crippen LogP contribution < -0.4 is 4.74 Å². The molecular formula is C15H20O2. The minimum absolute atomic E-state index is 0.419. The second-order valence-corrected chi connectivity index (χ2v) is 5.34. The first-order valence-electron chi connectivity index (χ1n) is 6.72. The Morgan fingerprint density at radius 1 is 1.47 bits per heavy atom. The van der Waals surface area contributed by atoms with Gasteiger partial charge in [0.1, 0.15) is 5.75 Å². The molecule has 2 nitrogen and oxygen atoms in total. The monoisotopic (exact) mass is 232 g/mol. The number of benzene rings is 1. The van der Waals surface area contributed by atoms with Crippen molar-refractivity contribution in [3.63, 3.8) is 0 Å². The van der Waals surface area contributed by atoms with Gasteiger partial charge in [-0.15, -0.1) is 0 Å². The summed E-state index contributed by atoms with van der Waals surface area (Å²) in [6.45, 7) is 2.96. The predicted molar refractivity (Wildman–Crippen MR) is 67.2 cm³/mol. The largest absolute Gasteiger partial charge is 0.493 e. The molecule has 1 heterocycles. The fraction of sp³-hybridized carbons (Fsp3) is 0.600. The first-order chi connectivity index (χ1) is 8.24. The molecule has 2 unspecified atom stereocenters. The van der Waals surface area contributed by atoms with Gasteiger partial charge in [-0.3, -0.25) is 0 Å². The van der Waals surface area contributed by atoms with Crippen LogP contribution in [0.15, 0.2) is 18.2 Å². The van der Waals surface area contributed by atoms with E-state index in [2.05, 4.69) is 19.1 Å². The highest BCUT2D eigenvalue weighted by Gasteiger charge is 2.41. The molecule has 1 aliphatic heterocycles. The second-order valence-electron chi connectivity index (χ2n) is 5.34. The first-order valence-corrected chi connectivity index (χ1v) is 6.72. The molecule has 92 valence electrons. The molecule has 3 rings (SSSR count). The average Bonchev–Trinajstić information content (AvgIpc) is 2.94. The highest BCUT2D eigenvalue weighted by molar-refractivity contribution is 5.42. The van der Waals surface area contributed by atoms with Gasteiger partial charge in [-0.1, -0.05) is 19.4 Å². The van der Waals surface area contributed by atoms with E-state index in [0.29, 0.717) is 5.92 Å². The van der Waals surface area contributed by atoms with Crippen LogP contribution in [0.5, 0.6) is 5.75 Å². The van der Waals surface area contributed by atoms with Crippen molar-refractivity contribution in [2.24, 2.45) is 5.92 Å². The Hall–Kier alpha value is -1.02. The molecule has 0 saturated heterocycles. The minimum atomic E-state index is -0.591. The summed E-state index contributed by atoms with van der Waals surface area (Å²) >= 11 is 0. The molecule has 2 aliphatic rings. The standard InChI is InChI=1S/C15H20O2/c1-2-12-4-3-8-15(12,16)13-5-6-14-11(10-13)7-9-17-14/h5-6,10,12,16H,2-4,7-9H2,1H3. The van der Waals surface area contributed by atoms with Crippen molar-refractivity contribution < 1.29 is 9.84 Å². The Bertz CT molecular complexity index is 427. The summed E-state index contributed by atoms with van der Waals surface area (Å²) in [7, 11) is 0. The van der Waals surface area contributed by atoms with E-state index >= 15 is 0 Å². The molecule has 17 heavy (non-hydrogen) atoms. The molecule has 1 aromatic carbocycles. The SMILES string of the molecule is CCC1CCCC1(O)c1ccc2c(c1)CCO2. The highest BCUT2D eigenvalue weighted by atomic mass is 16.5. The van der Waals surface area contributed by atoms with E-state index < -0.39 is 5.60 Å². The van der Waals surface area contributed by atoms with Gasteiger partial charge in [-0.25, -0.2) is 0 Å². The number of ether oxygens (including phenoxy) is 1. The molecule has 1 aromatic rings. The van der Waals surface area contributed by atoms with Crippen LogP contribution in [-0.4, -0.2) is 11.7 Å². The van der Waals surface area contributed by atoms with Crippen LogP contribution >= 0.6 is 0 Å². The van der Waals surface area contributed by atoms with E-state index in [1.807, 2.05) is 6.07 Å². The Kier molecular flexibility index (Phi) is 2.62. The average molecular weight is 232 g/mol.